The third-order valence-corrected chi connectivity index (χ3v) is 5.03. The zero-order valence-corrected chi connectivity index (χ0v) is 14.2. The number of hydrogen-bond donors (Lipinski definition) is 1. The maximum Gasteiger partial charge on any atom is 0.322 e. The van der Waals surface area contributed by atoms with E-state index >= 15 is 0 Å². The topological polar surface area (TPSA) is 38.3 Å². The molecule has 1 unspecified atom stereocenters. The first-order valence-electron chi connectivity index (χ1n) is 7.02. The molecule has 2 heterocycles. The highest BCUT2D eigenvalue weighted by atomic mass is 32.1. The van der Waals surface area contributed by atoms with Crippen LogP contribution < -0.4 is 5.32 Å². The number of carbonyl (C=O) groups is 1. The summed E-state index contributed by atoms with van der Waals surface area (Å²) >= 11 is 3.46. The Morgan fingerprint density at radius 3 is 2.81 bits per heavy atom. The number of carbonyl (C=O) groups excluding carboxylic acids is 1. The molecule has 0 saturated heterocycles. The maximum absolute atomic E-state index is 11.8. The van der Waals surface area contributed by atoms with Gasteiger partial charge < -0.3 is 4.74 Å². The first-order chi connectivity index (χ1) is 10.1. The van der Waals surface area contributed by atoms with Crippen molar-refractivity contribution in [1.29, 1.82) is 0 Å². The lowest BCUT2D eigenvalue weighted by Gasteiger charge is -2.17. The van der Waals surface area contributed by atoms with Gasteiger partial charge in [-0.2, -0.15) is 0 Å². The molecule has 2 aromatic rings. The molecule has 0 aromatic carbocycles. The minimum atomic E-state index is -0.234. The van der Waals surface area contributed by atoms with Crippen LogP contribution in [-0.4, -0.2) is 19.1 Å². The number of esters is 1. The number of thiophene rings is 2. The van der Waals surface area contributed by atoms with Crippen molar-refractivity contribution < 1.29 is 9.53 Å². The lowest BCUT2D eigenvalue weighted by Crippen LogP contribution is -2.38. The van der Waals surface area contributed by atoms with Crippen LogP contribution in [0.5, 0.6) is 0 Å². The summed E-state index contributed by atoms with van der Waals surface area (Å²) in [5, 5.41) is 7.57. The Kier molecular flexibility index (Phi) is 5.96. The summed E-state index contributed by atoms with van der Waals surface area (Å²) in [5.74, 6) is 0.269. The van der Waals surface area contributed by atoms with E-state index in [1.54, 1.807) is 22.7 Å². The van der Waals surface area contributed by atoms with Gasteiger partial charge in [-0.1, -0.05) is 19.9 Å². The fourth-order valence-corrected chi connectivity index (χ4v) is 3.77. The minimum Gasteiger partial charge on any atom is -0.468 e. The second kappa shape index (κ2) is 7.73. The molecule has 0 spiro atoms. The lowest BCUT2D eigenvalue weighted by atomic mass is 10.0. The van der Waals surface area contributed by atoms with Crippen LogP contribution in [0.25, 0.3) is 10.4 Å². The highest BCUT2D eigenvalue weighted by Gasteiger charge is 2.20. The first-order valence-corrected chi connectivity index (χ1v) is 8.78. The number of nitrogens with one attached hydrogen (secondary N) is 1. The Morgan fingerprint density at radius 1 is 1.38 bits per heavy atom. The molecule has 0 saturated carbocycles. The molecular formula is C16H21NO2S2. The summed E-state index contributed by atoms with van der Waals surface area (Å²) < 4.78 is 4.87. The predicted molar refractivity (Wildman–Crippen MR) is 89.7 cm³/mol. The van der Waals surface area contributed by atoms with Crippen molar-refractivity contribution in [2.24, 2.45) is 5.92 Å². The minimum absolute atomic E-state index is 0.182. The van der Waals surface area contributed by atoms with Crippen molar-refractivity contribution in [3.63, 3.8) is 0 Å². The zero-order valence-electron chi connectivity index (χ0n) is 12.6. The summed E-state index contributed by atoms with van der Waals surface area (Å²) in [4.78, 5) is 14.3. The number of hydrogen-bond acceptors (Lipinski definition) is 5. The molecule has 3 nitrogen and oxygen atoms in total. The highest BCUT2D eigenvalue weighted by molar-refractivity contribution is 7.14. The summed E-state index contributed by atoms with van der Waals surface area (Å²) in [6.45, 7) is 4.91. The van der Waals surface area contributed by atoms with Gasteiger partial charge in [-0.3, -0.25) is 10.1 Å². The zero-order chi connectivity index (χ0) is 15.2. The van der Waals surface area contributed by atoms with E-state index in [2.05, 4.69) is 48.1 Å². The molecule has 0 amide bonds. The van der Waals surface area contributed by atoms with E-state index in [9.17, 15) is 4.79 Å². The second-order valence-electron chi connectivity index (χ2n) is 5.37. The molecule has 0 fully saturated rings. The van der Waals surface area contributed by atoms with Crippen LogP contribution >= 0.6 is 22.7 Å². The Morgan fingerprint density at radius 2 is 2.19 bits per heavy atom. The molecule has 2 rings (SSSR count). The molecular weight excluding hydrogens is 302 g/mol. The molecule has 2 aromatic heterocycles. The van der Waals surface area contributed by atoms with Crippen molar-refractivity contribution in [2.75, 3.05) is 7.11 Å². The average molecular weight is 323 g/mol. The average Bonchev–Trinajstić information content (AvgIpc) is 3.12. The smallest absolute Gasteiger partial charge is 0.322 e. The molecule has 0 aliphatic heterocycles. The van der Waals surface area contributed by atoms with Gasteiger partial charge in [0.25, 0.3) is 0 Å². The fraction of sp³-hybridized carbons (Fsp3) is 0.438. The Hall–Kier alpha value is -1.17. The van der Waals surface area contributed by atoms with Gasteiger partial charge in [-0.05, 0) is 35.2 Å². The molecule has 0 bridgehead atoms. The highest BCUT2D eigenvalue weighted by Crippen LogP contribution is 2.29. The summed E-state index contributed by atoms with van der Waals surface area (Å²) in [7, 11) is 1.44. The summed E-state index contributed by atoms with van der Waals surface area (Å²) in [6, 6.07) is 6.14. The van der Waals surface area contributed by atoms with E-state index in [-0.39, 0.29) is 12.0 Å². The van der Waals surface area contributed by atoms with Gasteiger partial charge in [-0.15, -0.1) is 22.7 Å². The number of rotatable bonds is 7. The third kappa shape index (κ3) is 4.66. The van der Waals surface area contributed by atoms with E-state index in [1.807, 2.05) is 0 Å². The van der Waals surface area contributed by atoms with Crippen LogP contribution in [-0.2, 0) is 16.1 Å². The quantitative estimate of drug-likeness (QED) is 0.778. The van der Waals surface area contributed by atoms with Crippen LogP contribution in [0.1, 0.15) is 25.1 Å². The summed E-state index contributed by atoms with van der Waals surface area (Å²) in [6.07, 6.45) is 0.788. The molecule has 114 valence electrons. The standard InChI is InChI=1S/C16H21NO2S2/c1-11(2)7-14(16(18)19-3)17-9-13-8-12(10-21-13)15-5-4-6-20-15/h4-6,8,10-11,14,17H,7,9H2,1-3H3. The summed E-state index contributed by atoms with van der Waals surface area (Å²) in [5.41, 5.74) is 1.25. The van der Waals surface area contributed by atoms with Gasteiger partial charge in [0.2, 0.25) is 0 Å². The first kappa shape index (κ1) is 16.2. The van der Waals surface area contributed by atoms with E-state index < -0.39 is 0 Å². The second-order valence-corrected chi connectivity index (χ2v) is 7.31. The van der Waals surface area contributed by atoms with E-state index in [0.29, 0.717) is 12.5 Å². The van der Waals surface area contributed by atoms with Crippen LogP contribution in [0.2, 0.25) is 0 Å². The SMILES string of the molecule is COC(=O)C(CC(C)C)NCc1cc(-c2cccs2)cs1. The molecule has 21 heavy (non-hydrogen) atoms. The van der Waals surface area contributed by atoms with Gasteiger partial charge in [0, 0.05) is 21.9 Å². The fourth-order valence-electron chi connectivity index (χ4n) is 2.15. The molecule has 5 heteroatoms. The van der Waals surface area contributed by atoms with Crippen LogP contribution in [0, 0.1) is 5.92 Å². The van der Waals surface area contributed by atoms with Crippen LogP contribution in [0.15, 0.2) is 29.0 Å². The molecule has 1 atom stereocenters. The Labute approximate surface area is 134 Å². The van der Waals surface area contributed by atoms with Crippen LogP contribution in [0.4, 0.5) is 0 Å². The van der Waals surface area contributed by atoms with Crippen molar-refractivity contribution in [1.82, 2.24) is 5.32 Å². The Bertz CT molecular complexity index is 561. The molecule has 0 radical (unpaired) electrons. The number of ether oxygens (including phenoxy) is 1. The van der Waals surface area contributed by atoms with Gasteiger partial charge in [0.05, 0.1) is 7.11 Å². The van der Waals surface area contributed by atoms with Crippen LogP contribution in [0.3, 0.4) is 0 Å². The van der Waals surface area contributed by atoms with Crippen molar-refractivity contribution in [2.45, 2.75) is 32.9 Å². The van der Waals surface area contributed by atoms with Crippen molar-refractivity contribution in [3.05, 3.63) is 33.8 Å². The predicted octanol–water partition coefficient (Wildman–Crippen LogP) is 4.15. The molecule has 0 aliphatic carbocycles. The van der Waals surface area contributed by atoms with Gasteiger partial charge in [0.1, 0.15) is 6.04 Å². The van der Waals surface area contributed by atoms with E-state index in [0.717, 1.165) is 6.42 Å². The van der Waals surface area contributed by atoms with Crippen molar-refractivity contribution in [3.8, 4) is 10.4 Å². The largest absolute Gasteiger partial charge is 0.468 e. The maximum atomic E-state index is 11.8. The lowest BCUT2D eigenvalue weighted by molar-refractivity contribution is -0.143. The molecule has 0 aliphatic rings. The Balaban J connectivity index is 1.96. The monoisotopic (exact) mass is 323 g/mol. The van der Waals surface area contributed by atoms with Gasteiger partial charge in [0.15, 0.2) is 0 Å². The van der Waals surface area contributed by atoms with E-state index in [1.165, 1.54) is 22.4 Å². The molecule has 1 N–H and O–H groups in total. The van der Waals surface area contributed by atoms with Crippen molar-refractivity contribution >= 4 is 28.6 Å². The normalized spacial score (nSPS) is 12.6. The van der Waals surface area contributed by atoms with Gasteiger partial charge >= 0.3 is 5.97 Å². The van der Waals surface area contributed by atoms with E-state index in [4.69, 9.17) is 4.74 Å². The third-order valence-electron chi connectivity index (χ3n) is 3.17. The van der Waals surface area contributed by atoms with Gasteiger partial charge in [-0.25, -0.2) is 0 Å². The number of methoxy groups -OCH3 is 1.